The summed E-state index contributed by atoms with van der Waals surface area (Å²) in [6.45, 7) is 1.92. The van der Waals surface area contributed by atoms with Crippen molar-refractivity contribution in [3.63, 3.8) is 0 Å². The number of carbonyl (C=O) groups is 2. The zero-order valence-electron chi connectivity index (χ0n) is 17.6. The Labute approximate surface area is 186 Å². The normalized spacial score (nSPS) is 22.1. The molecule has 1 aliphatic heterocycles. The highest BCUT2D eigenvalue weighted by Crippen LogP contribution is 2.40. The van der Waals surface area contributed by atoms with Crippen molar-refractivity contribution >= 4 is 12.0 Å². The molecular weight excluding hydrogens is 406 g/mol. The Morgan fingerprint density at radius 2 is 1.59 bits per heavy atom. The molecule has 2 heterocycles. The number of aromatic carboxylic acids is 1. The van der Waals surface area contributed by atoms with E-state index in [4.69, 9.17) is 9.84 Å². The van der Waals surface area contributed by atoms with Crippen LogP contribution in [0.4, 0.5) is 4.79 Å². The van der Waals surface area contributed by atoms with Crippen LogP contribution in [0.1, 0.15) is 28.9 Å². The average molecular weight is 431 g/mol. The molecule has 2 aliphatic rings. The van der Waals surface area contributed by atoms with E-state index in [9.17, 15) is 9.59 Å². The molecule has 1 amide bonds. The topological polar surface area (TPSA) is 84.7 Å². The molecule has 0 bridgehead atoms. The van der Waals surface area contributed by atoms with Crippen molar-refractivity contribution in [2.24, 2.45) is 11.8 Å². The van der Waals surface area contributed by atoms with E-state index in [2.05, 4.69) is 41.5 Å². The summed E-state index contributed by atoms with van der Waals surface area (Å²) >= 11 is 0. The molecule has 0 spiro atoms. The molecule has 1 aliphatic carbocycles. The van der Waals surface area contributed by atoms with Crippen molar-refractivity contribution in [2.45, 2.75) is 25.6 Å². The lowest BCUT2D eigenvalue weighted by Gasteiger charge is -2.19. The lowest BCUT2D eigenvalue weighted by molar-refractivity contribution is 0.0383. The predicted molar refractivity (Wildman–Crippen MR) is 118 cm³/mol. The van der Waals surface area contributed by atoms with Gasteiger partial charge in [-0.15, -0.1) is 0 Å². The minimum Gasteiger partial charge on any atom is -0.476 e. The summed E-state index contributed by atoms with van der Waals surface area (Å²) in [6.07, 6.45) is 3.50. The minimum absolute atomic E-state index is 0.122. The first kappa shape index (κ1) is 20.5. The summed E-state index contributed by atoms with van der Waals surface area (Å²) in [5.74, 6) is -0.303. The maximum atomic E-state index is 12.6. The van der Waals surface area contributed by atoms with E-state index in [0.29, 0.717) is 31.5 Å². The van der Waals surface area contributed by atoms with Gasteiger partial charge in [-0.2, -0.15) is 9.78 Å². The van der Waals surface area contributed by atoms with Gasteiger partial charge in [0.05, 0.1) is 12.7 Å². The first-order valence-electron chi connectivity index (χ1n) is 10.9. The number of carboxylic acids is 1. The number of benzene rings is 2. The summed E-state index contributed by atoms with van der Waals surface area (Å²) in [6, 6.07) is 19.9. The first-order valence-corrected chi connectivity index (χ1v) is 10.9. The van der Waals surface area contributed by atoms with E-state index in [1.54, 1.807) is 4.90 Å². The molecule has 1 aromatic heterocycles. The Bertz CT molecular complexity index is 1100. The maximum Gasteiger partial charge on any atom is 0.356 e. The largest absolute Gasteiger partial charge is 0.476 e. The van der Waals surface area contributed by atoms with Crippen LogP contribution in [0.2, 0.25) is 0 Å². The van der Waals surface area contributed by atoms with Crippen molar-refractivity contribution in [3.8, 4) is 11.1 Å². The van der Waals surface area contributed by atoms with Crippen molar-refractivity contribution in [1.82, 2.24) is 14.7 Å². The second-order valence-electron chi connectivity index (χ2n) is 8.63. The summed E-state index contributed by atoms with van der Waals surface area (Å²) in [4.78, 5) is 25.4. The number of carbonyl (C=O) groups excluding carboxylic acids is 1. The second-order valence-corrected chi connectivity index (χ2v) is 8.63. The fourth-order valence-corrected chi connectivity index (χ4v) is 4.86. The third kappa shape index (κ3) is 4.16. The molecule has 0 radical (unpaired) electrons. The van der Waals surface area contributed by atoms with Crippen LogP contribution in [0.5, 0.6) is 0 Å². The first-order chi connectivity index (χ1) is 15.6. The van der Waals surface area contributed by atoms with Gasteiger partial charge < -0.3 is 14.7 Å². The zero-order chi connectivity index (χ0) is 22.1. The standard InChI is InChI=1S/C25H25N3O4/c29-24(30)23-10-11-28(26-23)25(31)27-14-20-12-22(13-21(20)15-27)32-16-17-6-8-19(9-7-17)18-4-2-1-3-5-18/h1-11,20-22H,12-16H2,(H,29,30)/t20-,21+,22?. The van der Waals surface area contributed by atoms with Crippen LogP contribution < -0.4 is 0 Å². The van der Waals surface area contributed by atoms with Gasteiger partial charge in [0.2, 0.25) is 0 Å². The Morgan fingerprint density at radius 3 is 2.22 bits per heavy atom. The molecule has 1 saturated heterocycles. The van der Waals surface area contributed by atoms with Crippen molar-refractivity contribution in [2.75, 3.05) is 13.1 Å². The van der Waals surface area contributed by atoms with Crippen LogP contribution in [0.15, 0.2) is 66.9 Å². The molecule has 3 aromatic rings. The molecule has 164 valence electrons. The van der Waals surface area contributed by atoms with Gasteiger partial charge in [0.15, 0.2) is 5.69 Å². The van der Waals surface area contributed by atoms with Crippen LogP contribution in [-0.4, -0.2) is 51.0 Å². The molecule has 1 N–H and O–H groups in total. The number of fused-ring (bicyclic) bond motifs is 1. The van der Waals surface area contributed by atoms with Crippen LogP contribution in [-0.2, 0) is 11.3 Å². The summed E-state index contributed by atoms with van der Waals surface area (Å²) in [5, 5.41) is 12.8. The predicted octanol–water partition coefficient (Wildman–Crippen LogP) is 4.14. The number of ether oxygens (including phenoxy) is 1. The number of hydrogen-bond acceptors (Lipinski definition) is 4. The number of amides is 1. The van der Waals surface area contributed by atoms with Crippen LogP contribution in [0, 0.1) is 11.8 Å². The van der Waals surface area contributed by atoms with Gasteiger partial charge >= 0.3 is 12.0 Å². The van der Waals surface area contributed by atoms with E-state index < -0.39 is 5.97 Å². The molecule has 32 heavy (non-hydrogen) atoms. The number of carboxylic acid groups (broad SMARTS) is 1. The van der Waals surface area contributed by atoms with Crippen molar-refractivity contribution < 1.29 is 19.4 Å². The van der Waals surface area contributed by atoms with Gasteiger partial charge in [0.25, 0.3) is 0 Å². The summed E-state index contributed by atoms with van der Waals surface area (Å²) < 4.78 is 7.32. The Morgan fingerprint density at radius 1 is 0.938 bits per heavy atom. The van der Waals surface area contributed by atoms with E-state index in [1.165, 1.54) is 23.4 Å². The smallest absolute Gasteiger partial charge is 0.356 e. The van der Waals surface area contributed by atoms with Crippen LogP contribution in [0.3, 0.4) is 0 Å². The van der Waals surface area contributed by atoms with Gasteiger partial charge in [-0.3, -0.25) is 0 Å². The lowest BCUT2D eigenvalue weighted by Crippen LogP contribution is -2.34. The summed E-state index contributed by atoms with van der Waals surface area (Å²) in [5.41, 5.74) is 3.44. The van der Waals surface area contributed by atoms with E-state index >= 15 is 0 Å². The zero-order valence-corrected chi connectivity index (χ0v) is 17.6. The molecule has 1 saturated carbocycles. The molecule has 5 rings (SSSR count). The van der Waals surface area contributed by atoms with Gasteiger partial charge in [-0.25, -0.2) is 9.59 Å². The van der Waals surface area contributed by atoms with E-state index in [-0.39, 0.29) is 17.8 Å². The highest BCUT2D eigenvalue weighted by Gasteiger charge is 2.43. The molecule has 1 unspecified atom stereocenters. The SMILES string of the molecule is O=C(O)c1ccn(C(=O)N2C[C@H]3CC(OCc4ccc(-c5ccccc5)cc4)C[C@H]3C2)n1. The number of rotatable bonds is 5. The van der Waals surface area contributed by atoms with Crippen molar-refractivity contribution in [1.29, 1.82) is 0 Å². The molecule has 3 atom stereocenters. The monoisotopic (exact) mass is 431 g/mol. The number of hydrogen-bond donors (Lipinski definition) is 1. The van der Waals surface area contributed by atoms with Gasteiger partial charge in [-0.1, -0.05) is 54.6 Å². The highest BCUT2D eigenvalue weighted by atomic mass is 16.5. The number of aromatic nitrogens is 2. The molecule has 2 aromatic carbocycles. The molecule has 7 nitrogen and oxygen atoms in total. The Hall–Kier alpha value is -3.45. The van der Waals surface area contributed by atoms with Gasteiger partial charge in [0.1, 0.15) is 0 Å². The fourth-order valence-electron chi connectivity index (χ4n) is 4.86. The molecule has 2 fully saturated rings. The number of nitrogens with zero attached hydrogens (tertiary/aromatic N) is 3. The average Bonchev–Trinajstić information content (AvgIpc) is 3.53. The van der Waals surface area contributed by atoms with E-state index in [1.807, 2.05) is 18.2 Å². The molecular formula is C25H25N3O4. The fraction of sp³-hybridized carbons (Fsp3) is 0.320. The van der Waals surface area contributed by atoms with Crippen LogP contribution >= 0.6 is 0 Å². The van der Waals surface area contributed by atoms with E-state index in [0.717, 1.165) is 23.1 Å². The summed E-state index contributed by atoms with van der Waals surface area (Å²) in [7, 11) is 0. The minimum atomic E-state index is -1.13. The van der Waals surface area contributed by atoms with Gasteiger partial charge in [-0.05, 0) is 47.4 Å². The second kappa shape index (κ2) is 8.59. The van der Waals surface area contributed by atoms with Crippen LogP contribution in [0.25, 0.3) is 11.1 Å². The Kier molecular flexibility index (Phi) is 5.49. The van der Waals surface area contributed by atoms with Crippen molar-refractivity contribution in [3.05, 3.63) is 78.1 Å². The Balaban J connectivity index is 1.12. The number of likely N-dealkylation sites (tertiary alicyclic amines) is 1. The lowest BCUT2D eigenvalue weighted by atomic mass is 10.0. The third-order valence-electron chi connectivity index (χ3n) is 6.53. The highest BCUT2D eigenvalue weighted by molar-refractivity contribution is 5.86. The third-order valence-corrected chi connectivity index (χ3v) is 6.53. The quantitative estimate of drug-likeness (QED) is 0.656. The van der Waals surface area contributed by atoms with Gasteiger partial charge in [0, 0.05) is 19.3 Å². The maximum absolute atomic E-state index is 12.6. The molecule has 7 heteroatoms.